The predicted molar refractivity (Wildman–Crippen MR) is 82.5 cm³/mol. The van der Waals surface area contributed by atoms with E-state index in [1.807, 2.05) is 25.1 Å². The highest BCUT2D eigenvalue weighted by atomic mass is 35.5. The number of benzene rings is 1. The first kappa shape index (κ1) is 16.5. The molecule has 0 aliphatic carbocycles. The van der Waals surface area contributed by atoms with Gasteiger partial charge in [-0.2, -0.15) is 0 Å². The molecule has 0 radical (unpaired) electrons. The lowest BCUT2D eigenvalue weighted by Gasteiger charge is -2.43. The summed E-state index contributed by atoms with van der Waals surface area (Å²) in [6.07, 6.45) is 1.58. The van der Waals surface area contributed by atoms with Gasteiger partial charge in [0.05, 0.1) is 23.8 Å². The molecule has 1 fully saturated rings. The summed E-state index contributed by atoms with van der Waals surface area (Å²) < 4.78 is 16.9. The highest BCUT2D eigenvalue weighted by Crippen LogP contribution is 2.39. The highest BCUT2D eigenvalue weighted by molar-refractivity contribution is 6.32. The van der Waals surface area contributed by atoms with E-state index in [4.69, 9.17) is 31.7 Å². The predicted octanol–water partition coefficient (Wildman–Crippen LogP) is 2.44. The quantitative estimate of drug-likeness (QED) is 0.623. The third kappa shape index (κ3) is 3.49. The average Bonchev–Trinajstić information content (AvgIpc) is 2.50. The van der Waals surface area contributed by atoms with Crippen LogP contribution in [0.1, 0.15) is 31.4 Å². The first-order valence-electron chi connectivity index (χ1n) is 7.18. The Morgan fingerprint density at radius 3 is 2.71 bits per heavy atom. The maximum Gasteiger partial charge on any atom is 0.137 e. The van der Waals surface area contributed by atoms with E-state index >= 15 is 0 Å². The summed E-state index contributed by atoms with van der Waals surface area (Å²) in [5.41, 5.74) is 3.53. The van der Waals surface area contributed by atoms with E-state index in [2.05, 4.69) is 5.43 Å². The van der Waals surface area contributed by atoms with Crippen LogP contribution >= 0.6 is 11.6 Å². The van der Waals surface area contributed by atoms with Crippen molar-refractivity contribution < 1.29 is 14.2 Å². The molecule has 118 valence electrons. The number of hydrazine groups is 1. The second kappa shape index (κ2) is 7.42. The largest absolute Gasteiger partial charge is 0.495 e. The summed E-state index contributed by atoms with van der Waals surface area (Å²) in [5.74, 6) is 6.47. The summed E-state index contributed by atoms with van der Waals surface area (Å²) in [4.78, 5) is 0. The van der Waals surface area contributed by atoms with Crippen LogP contribution in [0.25, 0.3) is 0 Å². The van der Waals surface area contributed by atoms with E-state index in [1.54, 1.807) is 7.11 Å². The molecule has 5 nitrogen and oxygen atoms in total. The maximum atomic E-state index is 6.10. The zero-order valence-electron chi connectivity index (χ0n) is 12.5. The molecule has 0 spiro atoms. The number of rotatable bonds is 6. The standard InChI is InChI=1S/C15H23ClN2O3/c1-3-21-15(6-8-20-9-7-15)14(18-17)11-4-5-12(16)13(10-11)19-2/h4-5,10,14,18H,3,6-9,17H2,1-2H3. The van der Waals surface area contributed by atoms with Gasteiger partial charge in [-0.1, -0.05) is 17.7 Å². The van der Waals surface area contributed by atoms with Crippen molar-refractivity contribution in [3.05, 3.63) is 28.8 Å². The molecule has 1 saturated heterocycles. The molecule has 1 aromatic rings. The van der Waals surface area contributed by atoms with Crippen LogP contribution in [0.5, 0.6) is 5.75 Å². The van der Waals surface area contributed by atoms with Crippen molar-refractivity contribution in [1.82, 2.24) is 5.43 Å². The molecule has 0 amide bonds. The van der Waals surface area contributed by atoms with Gasteiger partial charge >= 0.3 is 0 Å². The molecule has 3 N–H and O–H groups in total. The second-order valence-electron chi connectivity index (χ2n) is 5.10. The number of hydrogen-bond donors (Lipinski definition) is 2. The molecule has 0 aromatic heterocycles. The molecule has 1 atom stereocenters. The second-order valence-corrected chi connectivity index (χ2v) is 5.51. The molecule has 0 bridgehead atoms. The van der Waals surface area contributed by atoms with Gasteiger partial charge in [-0.05, 0) is 24.6 Å². The lowest BCUT2D eigenvalue weighted by molar-refractivity contribution is -0.128. The van der Waals surface area contributed by atoms with Crippen LogP contribution in [-0.4, -0.2) is 32.5 Å². The van der Waals surface area contributed by atoms with E-state index < -0.39 is 0 Å². The Hall–Kier alpha value is -0.850. The van der Waals surface area contributed by atoms with Crippen LogP contribution in [0.15, 0.2) is 18.2 Å². The van der Waals surface area contributed by atoms with Crippen molar-refractivity contribution >= 4 is 11.6 Å². The lowest BCUT2D eigenvalue weighted by Crippen LogP contribution is -2.51. The van der Waals surface area contributed by atoms with Gasteiger partial charge in [-0.3, -0.25) is 11.3 Å². The van der Waals surface area contributed by atoms with E-state index in [1.165, 1.54) is 0 Å². The van der Waals surface area contributed by atoms with Gasteiger partial charge in [-0.25, -0.2) is 0 Å². The zero-order chi connectivity index (χ0) is 15.3. The summed E-state index contributed by atoms with van der Waals surface area (Å²) >= 11 is 6.10. The number of nitrogens with one attached hydrogen (secondary N) is 1. The number of ether oxygens (including phenoxy) is 3. The first-order chi connectivity index (χ1) is 10.2. The number of nitrogens with two attached hydrogens (primary N) is 1. The normalized spacial score (nSPS) is 19.2. The van der Waals surface area contributed by atoms with Crippen molar-refractivity contribution in [2.75, 3.05) is 26.9 Å². The third-order valence-electron chi connectivity index (χ3n) is 3.97. The van der Waals surface area contributed by atoms with Crippen LogP contribution in [-0.2, 0) is 9.47 Å². The molecule has 1 aromatic carbocycles. The van der Waals surface area contributed by atoms with Gasteiger partial charge in [0.2, 0.25) is 0 Å². The summed E-state index contributed by atoms with van der Waals surface area (Å²) in [6.45, 7) is 3.96. The van der Waals surface area contributed by atoms with Gasteiger partial charge in [-0.15, -0.1) is 0 Å². The molecule has 6 heteroatoms. The first-order valence-corrected chi connectivity index (χ1v) is 7.56. The molecule has 21 heavy (non-hydrogen) atoms. The Labute approximate surface area is 130 Å². The minimum absolute atomic E-state index is 0.146. The van der Waals surface area contributed by atoms with Crippen molar-refractivity contribution in [3.8, 4) is 5.75 Å². The maximum absolute atomic E-state index is 6.10. The Morgan fingerprint density at radius 2 is 2.14 bits per heavy atom. The lowest BCUT2D eigenvalue weighted by atomic mass is 9.82. The van der Waals surface area contributed by atoms with Crippen LogP contribution in [0.3, 0.4) is 0 Å². The fourth-order valence-electron chi connectivity index (χ4n) is 2.93. The summed E-state index contributed by atoms with van der Waals surface area (Å²) in [6, 6.07) is 5.53. The smallest absolute Gasteiger partial charge is 0.137 e. The van der Waals surface area contributed by atoms with Crippen LogP contribution in [0.4, 0.5) is 0 Å². The fourth-order valence-corrected chi connectivity index (χ4v) is 3.12. The van der Waals surface area contributed by atoms with Gasteiger partial charge < -0.3 is 14.2 Å². The molecule has 1 unspecified atom stereocenters. The average molecular weight is 315 g/mol. The Morgan fingerprint density at radius 1 is 1.43 bits per heavy atom. The Kier molecular flexibility index (Phi) is 5.84. The molecule has 1 aliphatic rings. The van der Waals surface area contributed by atoms with Crippen molar-refractivity contribution in [2.24, 2.45) is 5.84 Å². The van der Waals surface area contributed by atoms with Gasteiger partial charge in [0.15, 0.2) is 0 Å². The fraction of sp³-hybridized carbons (Fsp3) is 0.600. The van der Waals surface area contributed by atoms with Crippen LogP contribution in [0, 0.1) is 0 Å². The summed E-state index contributed by atoms with van der Waals surface area (Å²) in [5, 5.41) is 0.578. The van der Waals surface area contributed by atoms with E-state index in [-0.39, 0.29) is 11.6 Å². The molecule has 1 aliphatic heterocycles. The van der Waals surface area contributed by atoms with E-state index in [0.29, 0.717) is 30.6 Å². The number of hydrogen-bond acceptors (Lipinski definition) is 5. The minimum atomic E-state index is -0.374. The molecule has 0 saturated carbocycles. The number of methoxy groups -OCH3 is 1. The van der Waals surface area contributed by atoms with Gasteiger partial charge in [0.25, 0.3) is 0 Å². The van der Waals surface area contributed by atoms with Crippen molar-refractivity contribution in [2.45, 2.75) is 31.4 Å². The molecule has 1 heterocycles. The number of halogens is 1. The third-order valence-corrected chi connectivity index (χ3v) is 4.28. The van der Waals surface area contributed by atoms with Crippen molar-refractivity contribution in [1.29, 1.82) is 0 Å². The molecular formula is C15H23ClN2O3. The summed E-state index contributed by atoms with van der Waals surface area (Å²) in [7, 11) is 1.60. The van der Waals surface area contributed by atoms with E-state index in [0.717, 1.165) is 18.4 Å². The Balaban J connectivity index is 2.35. The zero-order valence-corrected chi connectivity index (χ0v) is 13.3. The van der Waals surface area contributed by atoms with E-state index in [9.17, 15) is 0 Å². The minimum Gasteiger partial charge on any atom is -0.495 e. The van der Waals surface area contributed by atoms with Gasteiger partial charge in [0.1, 0.15) is 5.75 Å². The monoisotopic (exact) mass is 314 g/mol. The highest BCUT2D eigenvalue weighted by Gasteiger charge is 2.41. The van der Waals surface area contributed by atoms with Crippen molar-refractivity contribution in [3.63, 3.8) is 0 Å². The van der Waals surface area contributed by atoms with Crippen LogP contribution < -0.4 is 16.0 Å². The Bertz CT molecular complexity index is 459. The van der Waals surface area contributed by atoms with Gasteiger partial charge in [0, 0.05) is 32.7 Å². The molecule has 2 rings (SSSR count). The topological polar surface area (TPSA) is 65.7 Å². The molecular weight excluding hydrogens is 292 g/mol. The van der Waals surface area contributed by atoms with Crippen LogP contribution in [0.2, 0.25) is 5.02 Å². The SMILES string of the molecule is CCOC1(C(NN)c2ccc(Cl)c(OC)c2)CCOCC1.